The van der Waals surface area contributed by atoms with Gasteiger partial charge in [0.25, 0.3) is 0 Å². The minimum Gasteiger partial charge on any atom is -0.468 e. The number of hydrogen-bond donors (Lipinski definition) is 0. The molecule has 1 aromatic heterocycles. The van der Waals surface area contributed by atoms with E-state index in [2.05, 4.69) is 13.0 Å². The first kappa shape index (κ1) is 11.7. The second-order valence-electron chi connectivity index (χ2n) is 5.66. The summed E-state index contributed by atoms with van der Waals surface area (Å²) in [6, 6.07) is 0. The van der Waals surface area contributed by atoms with Crippen molar-refractivity contribution in [3.05, 3.63) is 34.8 Å². The van der Waals surface area contributed by atoms with Crippen LogP contribution < -0.4 is 0 Å². The van der Waals surface area contributed by atoms with E-state index in [1.165, 1.54) is 5.57 Å². The number of fused-ring (bicyclic) bond motifs is 2. The standard InChI is InChI=1S/C15H18O3/c1-9-5-4-6-15(3)14(18-15)13(16)12-10(2)8-17-11(12)7-9/h5,8,14H,4,6-7H2,1-3H3/b9-5-/t14-,15-/m1/s1. The molecule has 0 radical (unpaired) electrons. The molecule has 3 rings (SSSR count). The van der Waals surface area contributed by atoms with Gasteiger partial charge < -0.3 is 9.15 Å². The first-order valence-electron chi connectivity index (χ1n) is 6.46. The molecular formula is C15H18O3. The minimum atomic E-state index is -0.278. The Morgan fingerprint density at radius 1 is 1.39 bits per heavy atom. The number of ether oxygens (including phenoxy) is 1. The highest BCUT2D eigenvalue weighted by atomic mass is 16.6. The topological polar surface area (TPSA) is 42.7 Å². The molecule has 2 aliphatic rings. The molecule has 1 aliphatic carbocycles. The zero-order valence-electron chi connectivity index (χ0n) is 11.1. The molecule has 1 fully saturated rings. The average Bonchev–Trinajstić information content (AvgIpc) is 2.84. The van der Waals surface area contributed by atoms with Gasteiger partial charge in [0.05, 0.1) is 11.8 Å². The van der Waals surface area contributed by atoms with Crippen LogP contribution in [0.1, 0.15) is 48.4 Å². The largest absolute Gasteiger partial charge is 0.468 e. The normalized spacial score (nSPS) is 34.3. The lowest BCUT2D eigenvalue weighted by molar-refractivity contribution is 0.0951. The smallest absolute Gasteiger partial charge is 0.198 e. The van der Waals surface area contributed by atoms with Crippen LogP contribution in [-0.4, -0.2) is 17.5 Å². The minimum absolute atomic E-state index is 0.0912. The lowest BCUT2D eigenvalue weighted by Gasteiger charge is -2.08. The summed E-state index contributed by atoms with van der Waals surface area (Å²) < 4.78 is 11.2. The summed E-state index contributed by atoms with van der Waals surface area (Å²) in [7, 11) is 0. The van der Waals surface area contributed by atoms with Crippen LogP contribution in [0.2, 0.25) is 0 Å². The highest BCUT2D eigenvalue weighted by Crippen LogP contribution is 2.43. The van der Waals surface area contributed by atoms with Gasteiger partial charge >= 0.3 is 0 Å². The van der Waals surface area contributed by atoms with E-state index >= 15 is 0 Å². The Labute approximate surface area is 107 Å². The molecule has 1 aromatic rings. The van der Waals surface area contributed by atoms with E-state index < -0.39 is 0 Å². The Hall–Kier alpha value is -1.35. The second-order valence-corrected chi connectivity index (χ2v) is 5.66. The van der Waals surface area contributed by atoms with Gasteiger partial charge in [0, 0.05) is 6.42 Å². The molecule has 0 unspecified atom stereocenters. The third-order valence-electron chi connectivity index (χ3n) is 3.99. The Kier molecular flexibility index (Phi) is 2.49. The molecule has 0 N–H and O–H groups in total. The van der Waals surface area contributed by atoms with Crippen LogP contribution in [0.25, 0.3) is 0 Å². The van der Waals surface area contributed by atoms with Gasteiger partial charge in [0.2, 0.25) is 0 Å². The summed E-state index contributed by atoms with van der Waals surface area (Å²) in [5.74, 6) is 0.874. The molecule has 0 bridgehead atoms. The van der Waals surface area contributed by atoms with Crippen molar-refractivity contribution in [1.82, 2.24) is 0 Å². The third-order valence-corrected chi connectivity index (χ3v) is 3.99. The van der Waals surface area contributed by atoms with Crippen LogP contribution >= 0.6 is 0 Å². The maximum atomic E-state index is 12.5. The third kappa shape index (κ3) is 1.74. The summed E-state index contributed by atoms with van der Waals surface area (Å²) in [5, 5.41) is 0. The van der Waals surface area contributed by atoms with Crippen molar-refractivity contribution in [1.29, 1.82) is 0 Å². The van der Waals surface area contributed by atoms with Crippen LogP contribution in [0.3, 0.4) is 0 Å². The van der Waals surface area contributed by atoms with Crippen LogP contribution in [0.15, 0.2) is 22.3 Å². The maximum Gasteiger partial charge on any atom is 0.198 e. The molecular weight excluding hydrogens is 228 g/mol. The monoisotopic (exact) mass is 246 g/mol. The first-order chi connectivity index (χ1) is 8.51. The average molecular weight is 246 g/mol. The van der Waals surface area contributed by atoms with Crippen LogP contribution in [0, 0.1) is 6.92 Å². The number of carbonyl (C=O) groups is 1. The molecule has 3 nitrogen and oxygen atoms in total. The van der Waals surface area contributed by atoms with E-state index in [-0.39, 0.29) is 17.5 Å². The van der Waals surface area contributed by atoms with E-state index in [1.807, 2.05) is 13.8 Å². The van der Waals surface area contributed by atoms with Crippen molar-refractivity contribution in [3.8, 4) is 0 Å². The predicted molar refractivity (Wildman–Crippen MR) is 67.7 cm³/mol. The van der Waals surface area contributed by atoms with Crippen LogP contribution in [-0.2, 0) is 11.2 Å². The lowest BCUT2D eigenvalue weighted by Crippen LogP contribution is -2.20. The summed E-state index contributed by atoms with van der Waals surface area (Å²) in [5.41, 5.74) is 2.63. The number of rotatable bonds is 0. The molecule has 2 heterocycles. The van der Waals surface area contributed by atoms with E-state index in [1.54, 1.807) is 6.26 Å². The van der Waals surface area contributed by atoms with E-state index in [9.17, 15) is 4.79 Å². The van der Waals surface area contributed by atoms with Crippen molar-refractivity contribution in [2.24, 2.45) is 0 Å². The first-order valence-corrected chi connectivity index (χ1v) is 6.46. The number of furan rings is 1. The molecule has 18 heavy (non-hydrogen) atoms. The fourth-order valence-corrected chi connectivity index (χ4v) is 2.78. The quantitative estimate of drug-likeness (QED) is 0.521. The molecule has 1 aliphatic heterocycles. The molecule has 0 amide bonds. The number of carbonyl (C=O) groups excluding carboxylic acids is 1. The zero-order chi connectivity index (χ0) is 12.9. The van der Waals surface area contributed by atoms with Crippen molar-refractivity contribution < 1.29 is 13.9 Å². The fraction of sp³-hybridized carbons (Fsp3) is 0.533. The molecule has 96 valence electrons. The number of aryl methyl sites for hydroxylation is 1. The number of epoxide rings is 1. The number of ketones is 1. The Morgan fingerprint density at radius 3 is 2.94 bits per heavy atom. The summed E-state index contributed by atoms with van der Waals surface area (Å²) in [4.78, 5) is 12.5. The van der Waals surface area contributed by atoms with E-state index in [4.69, 9.17) is 9.15 Å². The van der Waals surface area contributed by atoms with Gasteiger partial charge in [-0.3, -0.25) is 4.79 Å². The zero-order valence-corrected chi connectivity index (χ0v) is 11.1. The van der Waals surface area contributed by atoms with Gasteiger partial charge in [-0.05, 0) is 39.2 Å². The molecule has 0 spiro atoms. The Morgan fingerprint density at radius 2 is 2.17 bits per heavy atom. The van der Waals surface area contributed by atoms with Crippen molar-refractivity contribution in [2.75, 3.05) is 0 Å². The van der Waals surface area contributed by atoms with Crippen molar-refractivity contribution in [2.45, 2.75) is 51.7 Å². The van der Waals surface area contributed by atoms with Gasteiger partial charge in [-0.1, -0.05) is 11.6 Å². The number of Topliss-reactive ketones (excluding diaryl/α,β-unsaturated/α-hetero) is 1. The van der Waals surface area contributed by atoms with Gasteiger partial charge in [0.15, 0.2) is 5.78 Å². The molecule has 2 atom stereocenters. The van der Waals surface area contributed by atoms with Gasteiger partial charge in [-0.2, -0.15) is 0 Å². The number of allylic oxidation sites excluding steroid dienone is 2. The molecule has 1 saturated heterocycles. The van der Waals surface area contributed by atoms with Gasteiger partial charge in [0.1, 0.15) is 17.5 Å². The summed E-state index contributed by atoms with van der Waals surface area (Å²) in [6.45, 7) is 6.03. The molecule has 0 aromatic carbocycles. The Balaban J connectivity index is 2.05. The summed E-state index contributed by atoms with van der Waals surface area (Å²) >= 11 is 0. The van der Waals surface area contributed by atoms with E-state index in [0.717, 1.165) is 36.1 Å². The van der Waals surface area contributed by atoms with Crippen molar-refractivity contribution >= 4 is 5.78 Å². The highest BCUT2D eigenvalue weighted by Gasteiger charge is 2.56. The lowest BCUT2D eigenvalue weighted by atomic mass is 9.91. The van der Waals surface area contributed by atoms with Crippen LogP contribution in [0.5, 0.6) is 0 Å². The molecule has 3 heteroatoms. The van der Waals surface area contributed by atoms with Gasteiger partial charge in [-0.15, -0.1) is 0 Å². The van der Waals surface area contributed by atoms with Crippen molar-refractivity contribution in [3.63, 3.8) is 0 Å². The van der Waals surface area contributed by atoms with Crippen LogP contribution in [0.4, 0.5) is 0 Å². The predicted octanol–water partition coefficient (Wildman–Crippen LogP) is 3.21. The maximum absolute atomic E-state index is 12.5. The summed E-state index contributed by atoms with van der Waals surface area (Å²) in [6.07, 6.45) is 6.21. The SMILES string of the molecule is C/C1=C/CC[C@@]2(C)O[C@@H]2C(=O)c2c(C)coc2C1. The fourth-order valence-electron chi connectivity index (χ4n) is 2.78. The highest BCUT2D eigenvalue weighted by molar-refractivity contribution is 6.04. The molecule has 0 saturated carbocycles. The second kappa shape index (κ2) is 3.82. The number of hydrogen-bond acceptors (Lipinski definition) is 3. The van der Waals surface area contributed by atoms with E-state index in [0.29, 0.717) is 0 Å². The Bertz CT molecular complexity index is 538. The van der Waals surface area contributed by atoms with Gasteiger partial charge in [-0.25, -0.2) is 0 Å².